The first kappa shape index (κ1) is 27.5. The number of hydrogen-bond acceptors (Lipinski definition) is 7. The summed E-state index contributed by atoms with van der Waals surface area (Å²) < 4.78 is 17.1. The second-order valence-electron chi connectivity index (χ2n) is 9.22. The molecule has 1 heterocycles. The van der Waals surface area contributed by atoms with Crippen LogP contribution in [0.2, 0.25) is 0 Å². The number of benzene rings is 2. The number of piperazine rings is 1. The fourth-order valence-corrected chi connectivity index (χ4v) is 4.31. The molecule has 0 bridgehead atoms. The molecule has 1 N–H and O–H groups in total. The highest BCUT2D eigenvalue weighted by molar-refractivity contribution is 5.93. The molecule has 3 rings (SSSR count). The molecule has 1 fully saturated rings. The van der Waals surface area contributed by atoms with Crippen molar-refractivity contribution in [3.05, 3.63) is 53.6 Å². The molecule has 1 amide bonds. The number of carbonyl (C=O) groups is 2. The Morgan fingerprint density at radius 2 is 1.58 bits per heavy atom. The molecule has 196 valence electrons. The maximum atomic E-state index is 12.6. The van der Waals surface area contributed by atoms with Gasteiger partial charge in [0.25, 0.3) is 0 Å². The molecule has 1 aliphatic heterocycles. The molecule has 0 aliphatic carbocycles. The zero-order chi connectivity index (χ0) is 25.9. The average molecular weight is 498 g/mol. The van der Waals surface area contributed by atoms with Crippen molar-refractivity contribution in [3.63, 3.8) is 0 Å². The number of esters is 1. The summed E-state index contributed by atoms with van der Waals surface area (Å²) in [5.74, 6) is 1.05. The number of para-hydroxylation sites is 3. The molecule has 1 saturated heterocycles. The Hall–Kier alpha value is -3.10. The number of carbonyl (C=O) groups excluding carboxylic acids is 2. The highest BCUT2D eigenvalue weighted by atomic mass is 16.6. The third kappa shape index (κ3) is 8.24. The van der Waals surface area contributed by atoms with Crippen molar-refractivity contribution in [1.82, 2.24) is 9.80 Å². The smallest absolute Gasteiger partial charge is 0.306 e. The maximum absolute atomic E-state index is 12.6. The number of hydrogen-bond donors (Lipinski definition) is 1. The Bertz CT molecular complexity index is 984. The zero-order valence-electron chi connectivity index (χ0n) is 21.9. The summed E-state index contributed by atoms with van der Waals surface area (Å²) in [7, 11) is 1.60. The Balaban J connectivity index is 1.50. The van der Waals surface area contributed by atoms with E-state index < -0.39 is 6.10 Å². The Labute approximate surface area is 214 Å². The number of nitrogens with one attached hydrogen (secondary N) is 1. The average Bonchev–Trinajstić information content (AvgIpc) is 2.86. The van der Waals surface area contributed by atoms with Crippen LogP contribution in [0.4, 0.5) is 5.69 Å². The minimum absolute atomic E-state index is 0.00238. The molecule has 36 heavy (non-hydrogen) atoms. The van der Waals surface area contributed by atoms with Crippen LogP contribution in [-0.4, -0.2) is 80.8 Å². The van der Waals surface area contributed by atoms with Gasteiger partial charge in [0.2, 0.25) is 5.91 Å². The summed E-state index contributed by atoms with van der Waals surface area (Å²) >= 11 is 0. The minimum atomic E-state index is -0.396. The second-order valence-corrected chi connectivity index (χ2v) is 9.22. The first-order valence-corrected chi connectivity index (χ1v) is 12.7. The van der Waals surface area contributed by atoms with Crippen LogP contribution in [0.1, 0.15) is 30.9 Å². The molecule has 0 aromatic heterocycles. The molecular weight excluding hydrogens is 458 g/mol. The molecule has 0 radical (unpaired) electrons. The summed E-state index contributed by atoms with van der Waals surface area (Å²) in [6, 6.07) is 13.4. The van der Waals surface area contributed by atoms with Crippen molar-refractivity contribution in [3.8, 4) is 11.5 Å². The van der Waals surface area contributed by atoms with E-state index in [1.165, 1.54) is 0 Å². The largest absolute Gasteiger partial charge is 0.493 e. The van der Waals surface area contributed by atoms with E-state index in [1.807, 2.05) is 63.2 Å². The van der Waals surface area contributed by atoms with E-state index in [0.29, 0.717) is 31.0 Å². The fraction of sp³-hybridized carbons (Fsp3) is 0.500. The SMILES string of the molecule is CCCC(=O)OC(COc1ccccc1OC)CN1CCN(CC(=O)Nc2c(C)cccc2C)CC1. The van der Waals surface area contributed by atoms with E-state index in [2.05, 4.69) is 15.1 Å². The van der Waals surface area contributed by atoms with Crippen molar-refractivity contribution >= 4 is 17.6 Å². The van der Waals surface area contributed by atoms with Crippen LogP contribution >= 0.6 is 0 Å². The van der Waals surface area contributed by atoms with Crippen LogP contribution in [0.25, 0.3) is 0 Å². The summed E-state index contributed by atoms with van der Waals surface area (Å²) in [5, 5.41) is 3.07. The number of rotatable bonds is 12. The monoisotopic (exact) mass is 497 g/mol. The van der Waals surface area contributed by atoms with Gasteiger partial charge in [-0.25, -0.2) is 0 Å². The van der Waals surface area contributed by atoms with Crippen molar-refractivity contribution in [1.29, 1.82) is 0 Å². The van der Waals surface area contributed by atoms with Gasteiger partial charge in [0.1, 0.15) is 12.7 Å². The van der Waals surface area contributed by atoms with Gasteiger partial charge in [-0.05, 0) is 43.5 Å². The van der Waals surface area contributed by atoms with Gasteiger partial charge in [0, 0.05) is 44.8 Å². The number of ether oxygens (including phenoxy) is 3. The van der Waals surface area contributed by atoms with Crippen molar-refractivity contribution in [2.75, 3.05) is 58.3 Å². The standard InChI is InChI=1S/C28H39N3O5/c1-5-9-27(33)36-23(20-35-25-13-7-6-12-24(25)34-4)18-30-14-16-31(17-15-30)19-26(32)29-28-21(2)10-8-11-22(28)3/h6-8,10-13,23H,5,9,14-20H2,1-4H3,(H,29,32). The first-order valence-electron chi connectivity index (χ1n) is 12.7. The molecule has 0 saturated carbocycles. The second kappa shape index (κ2) is 13.8. The lowest BCUT2D eigenvalue weighted by atomic mass is 10.1. The predicted octanol–water partition coefficient (Wildman–Crippen LogP) is 3.66. The van der Waals surface area contributed by atoms with Crippen LogP contribution < -0.4 is 14.8 Å². The number of anilines is 1. The maximum Gasteiger partial charge on any atom is 0.306 e. The fourth-order valence-electron chi connectivity index (χ4n) is 4.31. The topological polar surface area (TPSA) is 80.3 Å². The quantitative estimate of drug-likeness (QED) is 0.448. The third-order valence-corrected chi connectivity index (χ3v) is 6.29. The van der Waals surface area contributed by atoms with Gasteiger partial charge in [-0.3, -0.25) is 19.4 Å². The van der Waals surface area contributed by atoms with Gasteiger partial charge < -0.3 is 19.5 Å². The lowest BCUT2D eigenvalue weighted by molar-refractivity contribution is -0.152. The van der Waals surface area contributed by atoms with Crippen LogP contribution in [-0.2, 0) is 14.3 Å². The van der Waals surface area contributed by atoms with Crippen molar-refractivity contribution < 1.29 is 23.8 Å². The summed E-state index contributed by atoms with van der Waals surface area (Å²) in [6.45, 7) is 10.2. The number of nitrogens with zero attached hydrogens (tertiary/aromatic N) is 2. The highest BCUT2D eigenvalue weighted by Crippen LogP contribution is 2.26. The van der Waals surface area contributed by atoms with Gasteiger partial charge in [-0.1, -0.05) is 37.3 Å². The van der Waals surface area contributed by atoms with Gasteiger partial charge in [0.05, 0.1) is 13.7 Å². The summed E-state index contributed by atoms with van der Waals surface area (Å²) in [5.41, 5.74) is 3.02. The van der Waals surface area contributed by atoms with Gasteiger partial charge in [0.15, 0.2) is 11.5 Å². The van der Waals surface area contributed by atoms with Crippen LogP contribution in [0.15, 0.2) is 42.5 Å². The van der Waals surface area contributed by atoms with Gasteiger partial charge in [-0.2, -0.15) is 0 Å². The number of aryl methyl sites for hydroxylation is 2. The summed E-state index contributed by atoms with van der Waals surface area (Å²) in [6.07, 6.45) is 0.726. The van der Waals surface area contributed by atoms with Crippen LogP contribution in [0.3, 0.4) is 0 Å². The lowest BCUT2D eigenvalue weighted by Gasteiger charge is -2.35. The molecule has 0 spiro atoms. The number of methoxy groups -OCH3 is 1. The zero-order valence-corrected chi connectivity index (χ0v) is 21.9. The molecule has 2 aromatic carbocycles. The van der Waals surface area contributed by atoms with Gasteiger partial charge in [-0.15, -0.1) is 0 Å². The van der Waals surface area contributed by atoms with Crippen LogP contribution in [0.5, 0.6) is 11.5 Å². The molecule has 1 unspecified atom stereocenters. The molecule has 1 aliphatic rings. The van der Waals surface area contributed by atoms with E-state index in [0.717, 1.165) is 49.4 Å². The molecule has 1 atom stereocenters. The van der Waals surface area contributed by atoms with E-state index in [-0.39, 0.29) is 18.5 Å². The summed E-state index contributed by atoms with van der Waals surface area (Å²) in [4.78, 5) is 29.3. The van der Waals surface area contributed by atoms with E-state index in [9.17, 15) is 9.59 Å². The Morgan fingerprint density at radius 1 is 0.944 bits per heavy atom. The lowest BCUT2D eigenvalue weighted by Crippen LogP contribution is -2.51. The molecule has 8 nitrogen and oxygen atoms in total. The Kier molecular flexibility index (Phi) is 10.6. The predicted molar refractivity (Wildman–Crippen MR) is 141 cm³/mol. The third-order valence-electron chi connectivity index (χ3n) is 6.29. The first-order chi connectivity index (χ1) is 17.4. The van der Waals surface area contributed by atoms with Crippen LogP contribution in [0, 0.1) is 13.8 Å². The molecular formula is C28H39N3O5. The van der Waals surface area contributed by atoms with Gasteiger partial charge >= 0.3 is 5.97 Å². The normalized spacial score (nSPS) is 15.2. The molecule has 8 heteroatoms. The highest BCUT2D eigenvalue weighted by Gasteiger charge is 2.24. The van der Waals surface area contributed by atoms with Crippen molar-refractivity contribution in [2.45, 2.75) is 39.7 Å². The van der Waals surface area contributed by atoms with E-state index in [4.69, 9.17) is 14.2 Å². The van der Waals surface area contributed by atoms with E-state index >= 15 is 0 Å². The van der Waals surface area contributed by atoms with E-state index in [1.54, 1.807) is 7.11 Å². The Morgan fingerprint density at radius 3 is 2.22 bits per heavy atom. The molecule has 2 aromatic rings. The van der Waals surface area contributed by atoms with Crippen molar-refractivity contribution in [2.24, 2.45) is 0 Å². The number of amides is 1. The minimum Gasteiger partial charge on any atom is -0.493 e.